The van der Waals surface area contributed by atoms with Crippen LogP contribution < -0.4 is 5.32 Å². The van der Waals surface area contributed by atoms with Crippen molar-refractivity contribution < 1.29 is 9.13 Å². The second kappa shape index (κ2) is 3.96. The van der Waals surface area contributed by atoms with Crippen LogP contribution in [-0.4, -0.2) is 43.6 Å². The summed E-state index contributed by atoms with van der Waals surface area (Å²) in [6, 6.07) is 0. The maximum atomic E-state index is 13.4. The molecule has 14 heavy (non-hydrogen) atoms. The average Bonchev–Trinajstić information content (AvgIpc) is 2.23. The van der Waals surface area contributed by atoms with Gasteiger partial charge in [-0.3, -0.25) is 4.99 Å². The second-order valence-electron chi connectivity index (χ2n) is 3.39. The van der Waals surface area contributed by atoms with E-state index in [1.165, 1.54) is 6.21 Å². The molecular formula is C9H14FN3O. The lowest BCUT2D eigenvalue weighted by atomic mass is 10.3. The third kappa shape index (κ3) is 1.87. The Hall–Kier alpha value is -1.10. The zero-order valence-corrected chi connectivity index (χ0v) is 8.16. The van der Waals surface area contributed by atoms with Crippen LogP contribution in [0.3, 0.4) is 0 Å². The van der Waals surface area contributed by atoms with Gasteiger partial charge in [0.25, 0.3) is 0 Å². The molecule has 0 amide bonds. The van der Waals surface area contributed by atoms with E-state index in [2.05, 4.69) is 10.3 Å². The van der Waals surface area contributed by atoms with Crippen LogP contribution >= 0.6 is 0 Å². The fourth-order valence-corrected chi connectivity index (χ4v) is 1.57. The van der Waals surface area contributed by atoms with Gasteiger partial charge in [-0.2, -0.15) is 0 Å². The largest absolute Gasteiger partial charge is 0.378 e. The quantitative estimate of drug-likeness (QED) is 0.667. The Morgan fingerprint density at radius 1 is 1.57 bits per heavy atom. The number of hydrogen-bond acceptors (Lipinski definition) is 4. The fraction of sp³-hybridized carbons (Fsp3) is 0.667. The molecule has 0 aliphatic carbocycles. The predicted octanol–water partition coefficient (Wildman–Crippen LogP) is 0.477. The van der Waals surface area contributed by atoms with Crippen LogP contribution in [-0.2, 0) is 4.74 Å². The first-order chi connectivity index (χ1) is 6.77. The third-order valence-electron chi connectivity index (χ3n) is 2.31. The van der Waals surface area contributed by atoms with Crippen molar-refractivity contribution in [3.8, 4) is 0 Å². The minimum atomic E-state index is -0.287. The van der Waals surface area contributed by atoms with Gasteiger partial charge in [-0.1, -0.05) is 0 Å². The van der Waals surface area contributed by atoms with E-state index in [1.54, 1.807) is 0 Å². The predicted molar refractivity (Wildman–Crippen MR) is 51.6 cm³/mol. The Labute approximate surface area is 82.4 Å². The first kappa shape index (κ1) is 9.45. The van der Waals surface area contributed by atoms with Crippen molar-refractivity contribution in [1.82, 2.24) is 10.2 Å². The molecule has 1 fully saturated rings. The van der Waals surface area contributed by atoms with Crippen molar-refractivity contribution in [1.29, 1.82) is 0 Å². The lowest BCUT2D eigenvalue weighted by Gasteiger charge is -2.33. The van der Waals surface area contributed by atoms with E-state index in [0.29, 0.717) is 19.0 Å². The third-order valence-corrected chi connectivity index (χ3v) is 2.31. The van der Waals surface area contributed by atoms with Gasteiger partial charge in [0.15, 0.2) is 5.83 Å². The number of allylic oxidation sites excluding steroid dienone is 1. The summed E-state index contributed by atoms with van der Waals surface area (Å²) in [5.41, 5.74) is 0. The zero-order valence-electron chi connectivity index (χ0n) is 8.16. The number of nitrogens with one attached hydrogen (secondary N) is 1. The molecule has 0 aromatic heterocycles. The average molecular weight is 199 g/mol. The normalized spacial score (nSPS) is 27.9. The number of morpholine rings is 1. The molecular weight excluding hydrogens is 185 g/mol. The van der Waals surface area contributed by atoms with Crippen LogP contribution in [0.4, 0.5) is 4.39 Å². The zero-order chi connectivity index (χ0) is 9.97. The standard InChI is InChI=1S/C9H14FN3O/c1-7-11-6-8(10)9(12-7)13-2-4-14-5-3-13/h6-7,12H,2-5H2,1H3. The molecule has 0 saturated carbocycles. The highest BCUT2D eigenvalue weighted by Gasteiger charge is 2.20. The molecule has 2 aliphatic heterocycles. The van der Waals surface area contributed by atoms with E-state index < -0.39 is 0 Å². The van der Waals surface area contributed by atoms with Crippen LogP contribution in [0.25, 0.3) is 0 Å². The monoisotopic (exact) mass is 199 g/mol. The topological polar surface area (TPSA) is 36.9 Å². The van der Waals surface area contributed by atoms with Gasteiger partial charge in [0.05, 0.1) is 19.4 Å². The van der Waals surface area contributed by atoms with Crippen molar-refractivity contribution in [2.24, 2.45) is 4.99 Å². The molecule has 0 aromatic carbocycles. The SMILES string of the molecule is CC1N=CC(F)=C(N2CCOCC2)N1. The molecule has 5 heteroatoms. The molecule has 0 bridgehead atoms. The minimum Gasteiger partial charge on any atom is -0.378 e. The van der Waals surface area contributed by atoms with Gasteiger partial charge in [0.1, 0.15) is 12.0 Å². The first-order valence-electron chi connectivity index (χ1n) is 4.79. The van der Waals surface area contributed by atoms with Crippen molar-refractivity contribution in [3.63, 3.8) is 0 Å². The number of nitrogens with zero attached hydrogens (tertiary/aromatic N) is 2. The van der Waals surface area contributed by atoms with Gasteiger partial charge in [0.2, 0.25) is 0 Å². The van der Waals surface area contributed by atoms with Gasteiger partial charge < -0.3 is 15.0 Å². The number of ether oxygens (including phenoxy) is 1. The van der Waals surface area contributed by atoms with E-state index in [-0.39, 0.29) is 12.0 Å². The highest BCUT2D eigenvalue weighted by atomic mass is 19.1. The van der Waals surface area contributed by atoms with Gasteiger partial charge in [-0.05, 0) is 6.92 Å². The maximum Gasteiger partial charge on any atom is 0.181 e. The molecule has 0 aromatic rings. The summed E-state index contributed by atoms with van der Waals surface area (Å²) >= 11 is 0. The smallest absolute Gasteiger partial charge is 0.181 e. The maximum absolute atomic E-state index is 13.4. The molecule has 1 N–H and O–H groups in total. The summed E-state index contributed by atoms with van der Waals surface area (Å²) < 4.78 is 18.6. The summed E-state index contributed by atoms with van der Waals surface area (Å²) in [6.07, 6.45) is 1.23. The molecule has 0 radical (unpaired) electrons. The summed E-state index contributed by atoms with van der Waals surface area (Å²) in [6.45, 7) is 4.67. The Morgan fingerprint density at radius 3 is 3.00 bits per heavy atom. The van der Waals surface area contributed by atoms with Crippen LogP contribution in [0.5, 0.6) is 0 Å². The summed E-state index contributed by atoms with van der Waals surface area (Å²) in [4.78, 5) is 5.89. The Balaban J connectivity index is 2.10. The minimum absolute atomic E-state index is 0.0488. The van der Waals surface area contributed by atoms with E-state index in [9.17, 15) is 4.39 Å². The molecule has 78 valence electrons. The van der Waals surface area contributed by atoms with Crippen molar-refractivity contribution in [3.05, 3.63) is 11.6 Å². The lowest BCUT2D eigenvalue weighted by molar-refractivity contribution is 0.0482. The molecule has 4 nitrogen and oxygen atoms in total. The lowest BCUT2D eigenvalue weighted by Crippen LogP contribution is -2.44. The number of hydrogen-bond donors (Lipinski definition) is 1. The molecule has 2 aliphatic rings. The van der Waals surface area contributed by atoms with Gasteiger partial charge >= 0.3 is 0 Å². The van der Waals surface area contributed by atoms with Gasteiger partial charge in [-0.15, -0.1) is 0 Å². The van der Waals surface area contributed by atoms with E-state index in [0.717, 1.165) is 13.1 Å². The molecule has 0 spiro atoms. The molecule has 1 saturated heterocycles. The molecule has 1 unspecified atom stereocenters. The van der Waals surface area contributed by atoms with Crippen molar-refractivity contribution in [2.45, 2.75) is 13.1 Å². The van der Waals surface area contributed by atoms with E-state index in [1.807, 2.05) is 11.8 Å². The first-order valence-corrected chi connectivity index (χ1v) is 4.79. The van der Waals surface area contributed by atoms with Gasteiger partial charge in [-0.25, -0.2) is 4.39 Å². The summed E-state index contributed by atoms with van der Waals surface area (Å²) in [7, 11) is 0. The second-order valence-corrected chi connectivity index (χ2v) is 3.39. The Bertz CT molecular complexity index is 271. The summed E-state index contributed by atoms with van der Waals surface area (Å²) in [5.74, 6) is 0.265. The summed E-state index contributed by atoms with van der Waals surface area (Å²) in [5, 5.41) is 3.01. The van der Waals surface area contributed by atoms with Crippen molar-refractivity contribution >= 4 is 6.21 Å². The molecule has 2 rings (SSSR count). The van der Waals surface area contributed by atoms with Gasteiger partial charge in [0, 0.05) is 13.1 Å². The highest BCUT2D eigenvalue weighted by molar-refractivity contribution is 5.77. The Kier molecular flexibility index (Phi) is 2.67. The van der Waals surface area contributed by atoms with Crippen molar-refractivity contribution in [2.75, 3.05) is 26.3 Å². The highest BCUT2D eigenvalue weighted by Crippen LogP contribution is 2.14. The van der Waals surface area contributed by atoms with Crippen LogP contribution in [0.15, 0.2) is 16.6 Å². The van der Waals surface area contributed by atoms with Crippen LogP contribution in [0.2, 0.25) is 0 Å². The van der Waals surface area contributed by atoms with E-state index >= 15 is 0 Å². The van der Waals surface area contributed by atoms with E-state index in [4.69, 9.17) is 4.74 Å². The Morgan fingerprint density at radius 2 is 2.29 bits per heavy atom. The van der Waals surface area contributed by atoms with Crippen LogP contribution in [0, 0.1) is 0 Å². The molecule has 2 heterocycles. The molecule has 1 atom stereocenters. The number of aliphatic imine (C=N–C) groups is 1. The number of rotatable bonds is 1. The number of halogens is 1. The fourth-order valence-electron chi connectivity index (χ4n) is 1.57. The van der Waals surface area contributed by atoms with Crippen LogP contribution in [0.1, 0.15) is 6.92 Å².